The van der Waals surface area contributed by atoms with Gasteiger partial charge in [0, 0.05) is 19.3 Å². The Kier molecular flexibility index (Phi) is 6.50. The second kappa shape index (κ2) is 9.25. The molecule has 2 aromatic rings. The Labute approximate surface area is 154 Å². The number of likely N-dealkylation sites (N-methyl/N-ethyl adjacent to an activating group) is 1. The van der Waals surface area contributed by atoms with Gasteiger partial charge in [-0.3, -0.25) is 0 Å². The molecule has 1 N–H and O–H groups in total. The van der Waals surface area contributed by atoms with Gasteiger partial charge in [-0.1, -0.05) is 30.3 Å². The molecule has 5 heteroatoms. The van der Waals surface area contributed by atoms with Crippen LogP contribution in [0.25, 0.3) is 0 Å². The zero-order valence-electron chi connectivity index (χ0n) is 15.2. The molecule has 3 rings (SSSR count). The van der Waals surface area contributed by atoms with E-state index in [1.165, 1.54) is 12.8 Å². The van der Waals surface area contributed by atoms with Gasteiger partial charge >= 0.3 is 6.03 Å². The van der Waals surface area contributed by atoms with Gasteiger partial charge in [0.15, 0.2) is 0 Å². The number of hydrogen-bond acceptors (Lipinski definition) is 3. The van der Waals surface area contributed by atoms with Gasteiger partial charge in [0.1, 0.15) is 12.4 Å². The smallest absolute Gasteiger partial charge is 0.321 e. The van der Waals surface area contributed by atoms with Crippen LogP contribution < -0.4 is 10.1 Å². The van der Waals surface area contributed by atoms with Gasteiger partial charge in [-0.25, -0.2) is 4.79 Å². The molecule has 0 aromatic heterocycles. The molecule has 0 radical (unpaired) electrons. The minimum absolute atomic E-state index is 0.155. The van der Waals surface area contributed by atoms with Gasteiger partial charge in [0.05, 0.1) is 13.2 Å². The lowest BCUT2D eigenvalue weighted by molar-refractivity contribution is 0.111. The minimum atomic E-state index is -0.155. The van der Waals surface area contributed by atoms with E-state index in [0.717, 1.165) is 29.5 Å². The molecule has 0 unspecified atom stereocenters. The predicted molar refractivity (Wildman–Crippen MR) is 102 cm³/mol. The van der Waals surface area contributed by atoms with E-state index in [2.05, 4.69) is 5.32 Å². The van der Waals surface area contributed by atoms with Crippen molar-refractivity contribution >= 4 is 11.7 Å². The number of hydrogen-bond donors (Lipinski definition) is 1. The highest BCUT2D eigenvalue weighted by molar-refractivity contribution is 5.89. The molecular weight excluding hydrogens is 328 g/mol. The van der Waals surface area contributed by atoms with Gasteiger partial charge in [-0.2, -0.15) is 0 Å². The summed E-state index contributed by atoms with van der Waals surface area (Å²) in [4.78, 5) is 13.9. The van der Waals surface area contributed by atoms with Crippen LogP contribution >= 0.6 is 0 Å². The van der Waals surface area contributed by atoms with Crippen molar-refractivity contribution in [2.75, 3.05) is 32.1 Å². The van der Waals surface area contributed by atoms with E-state index in [-0.39, 0.29) is 6.03 Å². The zero-order valence-corrected chi connectivity index (χ0v) is 15.2. The van der Waals surface area contributed by atoms with Crippen LogP contribution in [0.15, 0.2) is 54.6 Å². The maximum Gasteiger partial charge on any atom is 0.321 e. The van der Waals surface area contributed by atoms with Crippen molar-refractivity contribution in [2.24, 2.45) is 5.92 Å². The predicted octanol–water partition coefficient (Wildman–Crippen LogP) is 4.16. The lowest BCUT2D eigenvalue weighted by atomic mass is 10.2. The number of carbonyl (C=O) groups excluding carboxylic acids is 1. The molecule has 0 bridgehead atoms. The lowest BCUT2D eigenvalue weighted by Gasteiger charge is -2.18. The van der Waals surface area contributed by atoms with Crippen LogP contribution in [0.5, 0.6) is 5.75 Å². The van der Waals surface area contributed by atoms with Crippen molar-refractivity contribution in [1.29, 1.82) is 0 Å². The molecule has 1 fully saturated rings. The molecular formula is C21H26N2O3. The molecule has 1 aliphatic carbocycles. The summed E-state index contributed by atoms with van der Waals surface area (Å²) in [5.41, 5.74) is 1.84. The molecule has 2 amide bonds. The maximum atomic E-state index is 12.3. The van der Waals surface area contributed by atoms with E-state index in [1.54, 1.807) is 11.9 Å². The molecule has 1 aliphatic rings. The summed E-state index contributed by atoms with van der Waals surface area (Å²) in [6.45, 7) is 2.37. The van der Waals surface area contributed by atoms with E-state index < -0.39 is 0 Å². The van der Waals surface area contributed by atoms with Crippen LogP contribution in [0, 0.1) is 5.92 Å². The van der Waals surface area contributed by atoms with Gasteiger partial charge in [0.25, 0.3) is 0 Å². The fourth-order valence-electron chi connectivity index (χ4n) is 2.50. The first kappa shape index (κ1) is 18.3. The maximum absolute atomic E-state index is 12.3. The van der Waals surface area contributed by atoms with Crippen LogP contribution in [0.4, 0.5) is 10.5 Å². The van der Waals surface area contributed by atoms with E-state index in [4.69, 9.17) is 9.47 Å². The van der Waals surface area contributed by atoms with Crippen molar-refractivity contribution in [3.63, 3.8) is 0 Å². The van der Waals surface area contributed by atoms with Crippen molar-refractivity contribution in [3.05, 3.63) is 60.2 Å². The number of nitrogens with one attached hydrogen (secondary N) is 1. The van der Waals surface area contributed by atoms with Crippen molar-refractivity contribution in [1.82, 2.24) is 4.90 Å². The van der Waals surface area contributed by atoms with E-state index in [0.29, 0.717) is 19.8 Å². The van der Waals surface area contributed by atoms with Crippen LogP contribution in [-0.4, -0.2) is 37.7 Å². The summed E-state index contributed by atoms with van der Waals surface area (Å²) in [5.74, 6) is 1.56. The largest absolute Gasteiger partial charge is 0.492 e. The average molecular weight is 354 g/mol. The zero-order chi connectivity index (χ0) is 18.2. The van der Waals surface area contributed by atoms with Gasteiger partial charge in [-0.05, 0) is 48.6 Å². The normalized spacial score (nSPS) is 13.3. The first-order chi connectivity index (χ1) is 12.7. The monoisotopic (exact) mass is 354 g/mol. The number of rotatable bonds is 9. The number of benzene rings is 2. The summed E-state index contributed by atoms with van der Waals surface area (Å²) < 4.78 is 11.3. The number of urea groups is 1. The Hall–Kier alpha value is -2.53. The van der Waals surface area contributed by atoms with Gasteiger partial charge < -0.3 is 19.7 Å². The molecule has 1 saturated carbocycles. The van der Waals surface area contributed by atoms with E-state index in [1.807, 2.05) is 54.6 Å². The first-order valence-corrected chi connectivity index (χ1v) is 9.07. The summed E-state index contributed by atoms with van der Waals surface area (Å²) in [5, 5.41) is 2.92. The second-order valence-corrected chi connectivity index (χ2v) is 6.67. The number of ether oxygens (including phenoxy) is 2. The quantitative estimate of drug-likeness (QED) is 0.736. The number of anilines is 1. The Bertz CT molecular complexity index is 701. The van der Waals surface area contributed by atoms with E-state index >= 15 is 0 Å². The van der Waals surface area contributed by atoms with Gasteiger partial charge in [0.2, 0.25) is 0 Å². The number of amides is 2. The summed E-state index contributed by atoms with van der Waals surface area (Å²) in [7, 11) is 1.76. The van der Waals surface area contributed by atoms with Crippen LogP contribution in [0.3, 0.4) is 0 Å². The van der Waals surface area contributed by atoms with Crippen molar-refractivity contribution in [3.8, 4) is 5.75 Å². The molecule has 26 heavy (non-hydrogen) atoms. The highest BCUT2D eigenvalue weighted by Crippen LogP contribution is 2.29. The number of carbonyl (C=O) groups is 1. The molecule has 138 valence electrons. The molecule has 2 aromatic carbocycles. The highest BCUT2D eigenvalue weighted by Gasteiger charge is 2.21. The third kappa shape index (κ3) is 6.08. The molecule has 0 heterocycles. The second-order valence-electron chi connectivity index (χ2n) is 6.67. The Morgan fingerprint density at radius 3 is 2.73 bits per heavy atom. The standard InChI is InChI=1S/C21H26N2O3/c1-23(12-13-26-20-8-3-2-4-9-20)21(24)22-19-7-5-6-18(14-19)16-25-15-17-10-11-17/h2-9,14,17H,10-13,15-16H2,1H3,(H,22,24). The fourth-order valence-corrected chi connectivity index (χ4v) is 2.50. The summed E-state index contributed by atoms with van der Waals surface area (Å²) >= 11 is 0. The molecule has 5 nitrogen and oxygen atoms in total. The molecule has 0 saturated heterocycles. The van der Waals surface area contributed by atoms with Crippen LogP contribution in [0.1, 0.15) is 18.4 Å². The average Bonchev–Trinajstić information content (AvgIpc) is 3.47. The SMILES string of the molecule is CN(CCOc1ccccc1)C(=O)Nc1cccc(COCC2CC2)c1. The van der Waals surface area contributed by atoms with Crippen molar-refractivity contribution in [2.45, 2.75) is 19.4 Å². The topological polar surface area (TPSA) is 50.8 Å². The fraction of sp³-hybridized carbons (Fsp3) is 0.381. The summed E-state index contributed by atoms with van der Waals surface area (Å²) in [6.07, 6.45) is 2.58. The van der Waals surface area contributed by atoms with E-state index in [9.17, 15) is 4.79 Å². The van der Waals surface area contributed by atoms with Crippen LogP contribution in [0.2, 0.25) is 0 Å². The molecule has 0 aliphatic heterocycles. The number of nitrogens with zero attached hydrogens (tertiary/aromatic N) is 1. The number of para-hydroxylation sites is 1. The summed E-state index contributed by atoms with van der Waals surface area (Å²) in [6, 6.07) is 17.2. The first-order valence-electron chi connectivity index (χ1n) is 9.07. The Morgan fingerprint density at radius 2 is 1.96 bits per heavy atom. The molecule has 0 atom stereocenters. The minimum Gasteiger partial charge on any atom is -0.492 e. The lowest BCUT2D eigenvalue weighted by Crippen LogP contribution is -2.34. The third-order valence-electron chi connectivity index (χ3n) is 4.28. The van der Waals surface area contributed by atoms with Crippen molar-refractivity contribution < 1.29 is 14.3 Å². The highest BCUT2D eigenvalue weighted by atomic mass is 16.5. The Morgan fingerprint density at radius 1 is 1.15 bits per heavy atom. The van der Waals surface area contributed by atoms with Gasteiger partial charge in [-0.15, -0.1) is 0 Å². The molecule has 0 spiro atoms. The third-order valence-corrected chi connectivity index (χ3v) is 4.28. The Balaban J connectivity index is 1.41. The van der Waals surface area contributed by atoms with Crippen LogP contribution in [-0.2, 0) is 11.3 Å².